The van der Waals surface area contributed by atoms with Crippen LogP contribution in [-0.4, -0.2) is 34.2 Å². The molecule has 0 fully saturated rings. The molecule has 2 aromatic carbocycles. The molecular weight excluding hydrogens is 489 g/mol. The van der Waals surface area contributed by atoms with E-state index in [1.54, 1.807) is 19.2 Å². The molecule has 1 N–H and O–H groups in total. The summed E-state index contributed by atoms with van der Waals surface area (Å²) in [6.07, 6.45) is -4.20. The van der Waals surface area contributed by atoms with E-state index in [4.69, 9.17) is 9.59 Å². The second-order valence-corrected chi connectivity index (χ2v) is 7.95. The van der Waals surface area contributed by atoms with E-state index in [0.29, 0.717) is 27.3 Å². The van der Waals surface area contributed by atoms with Gasteiger partial charge in [0.15, 0.2) is 5.78 Å². The fraction of sp³-hybridized carbons (Fsp3) is 0.174. The van der Waals surface area contributed by atoms with Crippen LogP contribution in [0.2, 0.25) is 0 Å². The number of aliphatic imine (C=N–C) groups is 1. The van der Waals surface area contributed by atoms with Gasteiger partial charge in [-0.2, -0.15) is 22.8 Å². The molecule has 0 unspecified atom stereocenters. The molecule has 0 aliphatic heterocycles. The molecule has 3 aromatic rings. The Hall–Kier alpha value is -4.15. The Morgan fingerprint density at radius 3 is 2.31 bits per heavy atom. The minimum atomic E-state index is -4.45. The van der Waals surface area contributed by atoms with Crippen LogP contribution in [0.25, 0.3) is 10.4 Å². The second-order valence-electron chi connectivity index (χ2n) is 7.07. The van der Waals surface area contributed by atoms with Gasteiger partial charge in [-0.25, -0.2) is 0 Å². The summed E-state index contributed by atoms with van der Waals surface area (Å²) in [5.41, 5.74) is 0.768. The van der Waals surface area contributed by atoms with Crippen LogP contribution in [0, 0.1) is 17.0 Å². The zero-order chi connectivity index (χ0) is 26.3. The molecule has 1 aromatic heterocycles. The third-order valence-corrected chi connectivity index (χ3v) is 5.83. The van der Waals surface area contributed by atoms with Crippen molar-refractivity contribution in [2.45, 2.75) is 20.0 Å². The van der Waals surface area contributed by atoms with E-state index in [2.05, 4.69) is 4.99 Å². The van der Waals surface area contributed by atoms with E-state index in [1.807, 2.05) is 0 Å². The molecule has 0 aliphatic carbocycles. The van der Waals surface area contributed by atoms with Crippen LogP contribution >= 0.6 is 11.3 Å². The summed E-state index contributed by atoms with van der Waals surface area (Å²) >= 11 is 1.14. The van der Waals surface area contributed by atoms with Gasteiger partial charge in [0.25, 0.3) is 5.69 Å². The largest absolute Gasteiger partial charge is 0.506 e. The number of hydrogen-bond donors (Lipinski definition) is 1. The number of alkyl halides is 3. The van der Waals surface area contributed by atoms with Crippen molar-refractivity contribution in [3.8, 4) is 16.2 Å². The van der Waals surface area contributed by atoms with E-state index in [-0.39, 0.29) is 29.7 Å². The molecule has 0 saturated carbocycles. The fourth-order valence-corrected chi connectivity index (χ4v) is 3.98. The molecule has 0 aliphatic rings. The molecule has 12 heteroatoms. The first-order valence-corrected chi connectivity index (χ1v) is 10.6. The molecular formula is C23H17F3N2O6S. The van der Waals surface area contributed by atoms with Gasteiger partial charge in [-0.1, -0.05) is 24.3 Å². The second kappa shape index (κ2) is 11.3. The number of Topliss-reactive ketones (excluding diaryl/α,β-unsaturated/α-hetero) is 1. The van der Waals surface area contributed by atoms with Crippen LogP contribution in [0.1, 0.15) is 34.0 Å². The average molecular weight is 506 g/mol. The summed E-state index contributed by atoms with van der Waals surface area (Å²) in [5, 5.41) is 23.2. The van der Waals surface area contributed by atoms with E-state index < -0.39 is 22.4 Å². The number of aryl methyl sites for hydroxylation is 1. The van der Waals surface area contributed by atoms with Crippen molar-refractivity contribution < 1.29 is 37.6 Å². The van der Waals surface area contributed by atoms with E-state index >= 15 is 0 Å². The lowest BCUT2D eigenvalue weighted by Gasteiger charge is -2.07. The Morgan fingerprint density at radius 2 is 1.77 bits per heavy atom. The number of nitro benzene ring substituents is 1. The first-order chi connectivity index (χ1) is 16.4. The molecule has 0 atom stereocenters. The number of rotatable bonds is 6. The van der Waals surface area contributed by atoms with Gasteiger partial charge in [-0.05, 0) is 31.5 Å². The Labute approximate surface area is 200 Å². The molecule has 182 valence electrons. The number of nitrogens with zero attached hydrogens (tertiary/aromatic N) is 2. The first kappa shape index (κ1) is 27.1. The zero-order valence-electron chi connectivity index (χ0n) is 18.3. The highest BCUT2D eigenvalue weighted by molar-refractivity contribution is 7.14. The quantitative estimate of drug-likeness (QED) is 0.205. The lowest BCUT2D eigenvalue weighted by Crippen LogP contribution is -2.07. The summed E-state index contributed by atoms with van der Waals surface area (Å²) in [7, 11) is 0. The van der Waals surface area contributed by atoms with Crippen molar-refractivity contribution in [1.82, 2.24) is 0 Å². The Balaban J connectivity index is 0.00000137. The zero-order valence-corrected chi connectivity index (χ0v) is 19.1. The van der Waals surface area contributed by atoms with Gasteiger partial charge < -0.3 is 5.11 Å². The van der Waals surface area contributed by atoms with Gasteiger partial charge in [0.05, 0.1) is 15.4 Å². The minimum Gasteiger partial charge on any atom is -0.506 e. The summed E-state index contributed by atoms with van der Waals surface area (Å²) in [6.45, 7) is 2.88. The number of ketones is 1. The monoisotopic (exact) mass is 506 g/mol. The third-order valence-electron chi connectivity index (χ3n) is 4.82. The van der Waals surface area contributed by atoms with Gasteiger partial charge in [0.1, 0.15) is 12.3 Å². The number of hydrogen-bond acceptors (Lipinski definition) is 8. The predicted molar refractivity (Wildman–Crippen MR) is 121 cm³/mol. The molecule has 0 spiro atoms. The van der Waals surface area contributed by atoms with Gasteiger partial charge in [0, 0.05) is 33.8 Å². The van der Waals surface area contributed by atoms with Crippen molar-refractivity contribution in [3.63, 3.8) is 0 Å². The standard InChI is InChI=1S/C22H17F3N2O4S.CO2/c1-12-3-4-15(9-18(12)27(30)31)19(28)10-26-13(2)17-11-32-21(20(17)29)14-5-7-16(8-6-14)22(23,24)25;2-1-3/h3-9,11,29H,10H2,1-2H3;. The summed E-state index contributed by atoms with van der Waals surface area (Å²) < 4.78 is 38.2. The van der Waals surface area contributed by atoms with Crippen molar-refractivity contribution in [2.24, 2.45) is 4.99 Å². The van der Waals surface area contributed by atoms with Gasteiger partial charge in [-0.15, -0.1) is 11.3 Å². The van der Waals surface area contributed by atoms with Gasteiger partial charge >= 0.3 is 12.3 Å². The predicted octanol–water partition coefficient (Wildman–Crippen LogP) is 5.46. The van der Waals surface area contributed by atoms with Crippen molar-refractivity contribution in [1.29, 1.82) is 0 Å². The molecule has 8 nitrogen and oxygen atoms in total. The number of aromatic hydroxyl groups is 1. The molecule has 0 radical (unpaired) electrons. The van der Waals surface area contributed by atoms with Crippen molar-refractivity contribution >= 4 is 34.7 Å². The third kappa shape index (κ3) is 6.69. The highest BCUT2D eigenvalue weighted by Gasteiger charge is 2.30. The van der Waals surface area contributed by atoms with Crippen LogP contribution in [-0.2, 0) is 15.8 Å². The lowest BCUT2D eigenvalue weighted by atomic mass is 10.1. The summed E-state index contributed by atoms with van der Waals surface area (Å²) in [4.78, 5) is 43.7. The number of thiophene rings is 1. The maximum atomic E-state index is 12.7. The SMILES string of the molecule is CC(=NCC(=O)c1ccc(C)c([N+](=O)[O-])c1)c1csc(-c2ccc(C(F)(F)F)cc2)c1O.O=C=O. The molecule has 35 heavy (non-hydrogen) atoms. The number of benzene rings is 2. The highest BCUT2D eigenvalue weighted by atomic mass is 32.1. The number of carbonyl (C=O) groups is 1. The van der Waals surface area contributed by atoms with Gasteiger partial charge in [0.2, 0.25) is 0 Å². The normalized spacial score (nSPS) is 11.3. The summed E-state index contributed by atoms with van der Waals surface area (Å²) in [5.74, 6) is -0.570. The number of halogens is 3. The van der Waals surface area contributed by atoms with Crippen LogP contribution in [0.5, 0.6) is 5.75 Å². The smallest absolute Gasteiger partial charge is 0.416 e. The van der Waals surface area contributed by atoms with Gasteiger partial charge in [-0.3, -0.25) is 19.9 Å². The summed E-state index contributed by atoms with van der Waals surface area (Å²) in [6, 6.07) is 8.61. The Kier molecular flexibility index (Phi) is 8.76. The van der Waals surface area contributed by atoms with Crippen molar-refractivity contribution in [3.05, 3.63) is 80.2 Å². The Bertz CT molecular complexity index is 1310. The maximum absolute atomic E-state index is 12.7. The highest BCUT2D eigenvalue weighted by Crippen LogP contribution is 2.40. The van der Waals surface area contributed by atoms with Crippen LogP contribution < -0.4 is 0 Å². The molecule has 1 heterocycles. The fourth-order valence-electron chi connectivity index (χ4n) is 2.97. The first-order valence-electron chi connectivity index (χ1n) is 9.67. The Morgan fingerprint density at radius 1 is 1.17 bits per heavy atom. The van der Waals surface area contributed by atoms with Crippen LogP contribution in [0.4, 0.5) is 18.9 Å². The van der Waals surface area contributed by atoms with E-state index in [9.17, 15) is 33.2 Å². The molecule has 0 bridgehead atoms. The van der Waals surface area contributed by atoms with E-state index in [1.165, 1.54) is 30.3 Å². The molecule has 3 rings (SSSR count). The van der Waals surface area contributed by atoms with Crippen LogP contribution in [0.3, 0.4) is 0 Å². The molecule has 0 saturated heterocycles. The van der Waals surface area contributed by atoms with E-state index in [0.717, 1.165) is 23.5 Å². The van der Waals surface area contributed by atoms with Crippen molar-refractivity contribution in [2.75, 3.05) is 6.54 Å². The molecule has 0 amide bonds. The average Bonchev–Trinajstić information content (AvgIpc) is 3.18. The van der Waals surface area contributed by atoms with Crippen LogP contribution in [0.15, 0.2) is 52.8 Å². The maximum Gasteiger partial charge on any atom is 0.416 e. The lowest BCUT2D eigenvalue weighted by molar-refractivity contribution is -0.385. The number of carbonyl (C=O) groups excluding carboxylic acids is 3. The minimum absolute atomic E-state index is 0.144. The topological polar surface area (TPSA) is 127 Å². The number of nitro groups is 1.